The molecule has 1 N–H and O–H groups in total. The zero-order valence-electron chi connectivity index (χ0n) is 13.1. The fourth-order valence-corrected chi connectivity index (χ4v) is 2.90. The normalized spacial score (nSPS) is 11.2. The summed E-state index contributed by atoms with van der Waals surface area (Å²) in [6.07, 6.45) is 2.06. The van der Waals surface area contributed by atoms with Gasteiger partial charge in [0.15, 0.2) is 0 Å². The van der Waals surface area contributed by atoms with E-state index in [1.807, 2.05) is 19.4 Å². The molecule has 0 aliphatic heterocycles. The Labute approximate surface area is 130 Å². The van der Waals surface area contributed by atoms with Gasteiger partial charge in [-0.05, 0) is 32.9 Å². The fraction of sp³-hybridized carbons (Fsp3) is 0.562. The van der Waals surface area contributed by atoms with Gasteiger partial charge in [0, 0.05) is 23.4 Å². The number of hydrogen-bond donors (Lipinski definition) is 1. The number of hydrogen-bond acceptors (Lipinski definition) is 5. The average Bonchev–Trinajstić information content (AvgIpc) is 3.02. The number of rotatable bonds is 9. The first-order chi connectivity index (χ1) is 10.2. The molecule has 2 aromatic heterocycles. The second kappa shape index (κ2) is 8.32. The van der Waals surface area contributed by atoms with E-state index in [0.717, 1.165) is 43.1 Å². The summed E-state index contributed by atoms with van der Waals surface area (Å²) in [5.74, 6) is 1.89. The first kappa shape index (κ1) is 16.2. The van der Waals surface area contributed by atoms with Crippen molar-refractivity contribution < 1.29 is 9.15 Å². The Morgan fingerprint density at radius 2 is 2.24 bits per heavy atom. The van der Waals surface area contributed by atoms with E-state index in [1.54, 1.807) is 11.3 Å². The third-order valence-electron chi connectivity index (χ3n) is 3.38. The summed E-state index contributed by atoms with van der Waals surface area (Å²) in [5, 5.41) is 3.39. The minimum atomic E-state index is 0.534. The van der Waals surface area contributed by atoms with E-state index < -0.39 is 0 Å². The zero-order chi connectivity index (χ0) is 15.1. The van der Waals surface area contributed by atoms with E-state index in [2.05, 4.69) is 23.3 Å². The SMILES string of the molecule is CCCNCc1cc(COCCc2scnc2C)oc1C. The molecule has 0 atom stereocenters. The van der Waals surface area contributed by atoms with Gasteiger partial charge < -0.3 is 14.5 Å². The van der Waals surface area contributed by atoms with Crippen LogP contribution in [0.4, 0.5) is 0 Å². The van der Waals surface area contributed by atoms with Gasteiger partial charge in [-0.1, -0.05) is 6.92 Å². The summed E-state index contributed by atoms with van der Waals surface area (Å²) in [6, 6.07) is 2.09. The lowest BCUT2D eigenvalue weighted by molar-refractivity contribution is 0.108. The number of furan rings is 1. The molecule has 0 unspecified atom stereocenters. The van der Waals surface area contributed by atoms with Crippen molar-refractivity contribution in [3.05, 3.63) is 39.2 Å². The van der Waals surface area contributed by atoms with E-state index >= 15 is 0 Å². The van der Waals surface area contributed by atoms with E-state index in [1.165, 1.54) is 10.4 Å². The highest BCUT2D eigenvalue weighted by Crippen LogP contribution is 2.16. The van der Waals surface area contributed by atoms with Crippen molar-refractivity contribution in [3.63, 3.8) is 0 Å². The molecule has 0 spiro atoms. The Hall–Kier alpha value is -1.17. The molecule has 0 aliphatic rings. The van der Waals surface area contributed by atoms with Crippen LogP contribution in [0.1, 0.15) is 41.0 Å². The van der Waals surface area contributed by atoms with Gasteiger partial charge in [0.2, 0.25) is 0 Å². The van der Waals surface area contributed by atoms with Gasteiger partial charge in [0.05, 0.1) is 17.8 Å². The Kier molecular flexibility index (Phi) is 6.42. The molecule has 5 heteroatoms. The predicted molar refractivity (Wildman–Crippen MR) is 85.7 cm³/mol. The Balaban J connectivity index is 1.73. The first-order valence-corrected chi connectivity index (χ1v) is 8.34. The third-order valence-corrected chi connectivity index (χ3v) is 4.37. The van der Waals surface area contributed by atoms with E-state index in [-0.39, 0.29) is 0 Å². The summed E-state index contributed by atoms with van der Waals surface area (Å²) >= 11 is 1.69. The minimum Gasteiger partial charge on any atom is -0.464 e. The molecule has 0 aromatic carbocycles. The summed E-state index contributed by atoms with van der Waals surface area (Å²) in [4.78, 5) is 5.54. The lowest BCUT2D eigenvalue weighted by Crippen LogP contribution is -2.13. The maximum atomic E-state index is 5.73. The predicted octanol–water partition coefficient (Wildman–Crippen LogP) is 3.61. The third kappa shape index (κ3) is 4.95. The van der Waals surface area contributed by atoms with E-state index in [9.17, 15) is 0 Å². The molecule has 2 aromatic rings. The van der Waals surface area contributed by atoms with Crippen molar-refractivity contribution in [2.75, 3.05) is 13.2 Å². The van der Waals surface area contributed by atoms with Crippen molar-refractivity contribution in [2.45, 2.75) is 46.8 Å². The van der Waals surface area contributed by atoms with Gasteiger partial charge in [0.1, 0.15) is 18.1 Å². The van der Waals surface area contributed by atoms with Crippen molar-refractivity contribution in [1.29, 1.82) is 0 Å². The van der Waals surface area contributed by atoms with Crippen molar-refractivity contribution in [1.82, 2.24) is 10.3 Å². The maximum Gasteiger partial charge on any atom is 0.130 e. The van der Waals surface area contributed by atoms with E-state index in [0.29, 0.717) is 13.2 Å². The number of nitrogens with zero attached hydrogens (tertiary/aromatic N) is 1. The standard InChI is InChI=1S/C16H24N2O2S/c1-4-6-17-9-14-8-15(20-13(14)3)10-19-7-5-16-12(2)18-11-21-16/h8,11,17H,4-7,9-10H2,1-3H3. The minimum absolute atomic E-state index is 0.534. The molecule has 116 valence electrons. The highest BCUT2D eigenvalue weighted by Gasteiger charge is 2.07. The van der Waals surface area contributed by atoms with Gasteiger partial charge in [-0.25, -0.2) is 4.98 Å². The van der Waals surface area contributed by atoms with Gasteiger partial charge in [0.25, 0.3) is 0 Å². The number of nitrogens with one attached hydrogen (secondary N) is 1. The lowest BCUT2D eigenvalue weighted by Gasteiger charge is -2.01. The Bertz CT molecular complexity index is 548. The van der Waals surface area contributed by atoms with Crippen molar-refractivity contribution >= 4 is 11.3 Å². The molecule has 0 amide bonds. The largest absolute Gasteiger partial charge is 0.464 e. The molecular weight excluding hydrogens is 284 g/mol. The monoisotopic (exact) mass is 308 g/mol. The zero-order valence-corrected chi connectivity index (χ0v) is 13.9. The highest BCUT2D eigenvalue weighted by atomic mass is 32.1. The molecule has 2 heterocycles. The topological polar surface area (TPSA) is 47.3 Å². The molecule has 2 rings (SSSR count). The summed E-state index contributed by atoms with van der Waals surface area (Å²) in [5.41, 5.74) is 4.22. The smallest absolute Gasteiger partial charge is 0.130 e. The lowest BCUT2D eigenvalue weighted by atomic mass is 10.2. The maximum absolute atomic E-state index is 5.73. The van der Waals surface area contributed by atoms with Crippen LogP contribution in [0.25, 0.3) is 0 Å². The van der Waals surface area contributed by atoms with Crippen LogP contribution < -0.4 is 5.32 Å². The van der Waals surface area contributed by atoms with Crippen molar-refractivity contribution in [2.24, 2.45) is 0 Å². The second-order valence-corrected chi connectivity index (χ2v) is 6.07. The van der Waals surface area contributed by atoms with Gasteiger partial charge in [-0.15, -0.1) is 11.3 Å². The molecule has 21 heavy (non-hydrogen) atoms. The van der Waals surface area contributed by atoms with Gasteiger partial charge in [-0.2, -0.15) is 0 Å². The van der Waals surface area contributed by atoms with Gasteiger partial charge in [-0.3, -0.25) is 0 Å². The van der Waals surface area contributed by atoms with Crippen LogP contribution in [0.2, 0.25) is 0 Å². The molecule has 0 saturated carbocycles. The van der Waals surface area contributed by atoms with Crippen LogP contribution in [-0.4, -0.2) is 18.1 Å². The number of thiazole rings is 1. The summed E-state index contributed by atoms with van der Waals surface area (Å²) in [7, 11) is 0. The summed E-state index contributed by atoms with van der Waals surface area (Å²) in [6.45, 7) is 9.34. The van der Waals surface area contributed by atoms with Crippen LogP contribution >= 0.6 is 11.3 Å². The van der Waals surface area contributed by atoms with Crippen LogP contribution in [0.5, 0.6) is 0 Å². The van der Waals surface area contributed by atoms with Crippen molar-refractivity contribution in [3.8, 4) is 0 Å². The van der Waals surface area contributed by atoms with Crippen LogP contribution in [0, 0.1) is 13.8 Å². The number of aryl methyl sites for hydroxylation is 2. The quantitative estimate of drug-likeness (QED) is 0.719. The van der Waals surface area contributed by atoms with Crippen LogP contribution in [0.3, 0.4) is 0 Å². The first-order valence-electron chi connectivity index (χ1n) is 7.46. The molecule has 4 nitrogen and oxygen atoms in total. The van der Waals surface area contributed by atoms with Gasteiger partial charge >= 0.3 is 0 Å². The second-order valence-electron chi connectivity index (χ2n) is 5.13. The molecular formula is C16H24N2O2S. The molecule has 0 radical (unpaired) electrons. The average molecular weight is 308 g/mol. The van der Waals surface area contributed by atoms with E-state index in [4.69, 9.17) is 9.15 Å². The number of ether oxygens (including phenoxy) is 1. The fourth-order valence-electron chi connectivity index (χ4n) is 2.14. The molecule has 0 bridgehead atoms. The number of aromatic nitrogens is 1. The van der Waals surface area contributed by atoms with Crippen LogP contribution in [0.15, 0.2) is 16.0 Å². The Morgan fingerprint density at radius 1 is 1.38 bits per heavy atom. The molecule has 0 aliphatic carbocycles. The Morgan fingerprint density at radius 3 is 2.95 bits per heavy atom. The van der Waals surface area contributed by atoms with Crippen LogP contribution in [-0.2, 0) is 24.3 Å². The highest BCUT2D eigenvalue weighted by molar-refractivity contribution is 7.09. The molecule has 0 fully saturated rings. The molecule has 0 saturated heterocycles. The summed E-state index contributed by atoms with van der Waals surface area (Å²) < 4.78 is 11.4.